The molecule has 0 aromatic heterocycles. The van der Waals surface area contributed by atoms with Crippen molar-refractivity contribution in [2.45, 2.75) is 62.2 Å². The Balaban J connectivity index is 3.70. The molecule has 0 aliphatic rings. The second kappa shape index (κ2) is 6.10. The van der Waals surface area contributed by atoms with Crippen LogP contribution in [0.3, 0.4) is 0 Å². The molecule has 68 valence electrons. The van der Waals surface area contributed by atoms with Crippen molar-refractivity contribution in [2.24, 2.45) is 0 Å². The first-order chi connectivity index (χ1) is 5.09. The van der Waals surface area contributed by atoms with Crippen molar-refractivity contribution in [3.05, 3.63) is 0 Å². The molecule has 0 N–H and O–H groups in total. The topological polar surface area (TPSA) is 0 Å². The average Bonchev–Trinajstić information content (AvgIpc) is 1.87. The molecule has 0 heterocycles. The monoisotopic (exact) mass is 218 g/mol. The molecule has 0 saturated heterocycles. The first kappa shape index (κ1) is 11.5. The number of rotatable bonds is 5. The van der Waals surface area contributed by atoms with E-state index in [1.165, 1.54) is 12.8 Å². The van der Waals surface area contributed by atoms with Crippen LogP contribution >= 0.6 is 0 Å². The SMILES string of the molecule is CCC[CH2][GeH]([CH](C)C)[CH](C)C. The molecule has 0 spiro atoms. The Bertz CT molecular complexity index is 78.9. The summed E-state index contributed by atoms with van der Waals surface area (Å²) in [5, 5.41) is 1.61. The summed E-state index contributed by atoms with van der Waals surface area (Å²) in [5.41, 5.74) is 0. The van der Waals surface area contributed by atoms with Crippen LogP contribution in [0, 0.1) is 0 Å². The van der Waals surface area contributed by atoms with Gasteiger partial charge in [0.1, 0.15) is 0 Å². The molecular weight excluding hydrogens is 193 g/mol. The third-order valence-corrected chi connectivity index (χ3v) is 12.0. The normalized spacial score (nSPS) is 12.0. The van der Waals surface area contributed by atoms with Gasteiger partial charge in [-0.2, -0.15) is 0 Å². The fourth-order valence-electron chi connectivity index (χ4n) is 1.88. The fourth-order valence-corrected chi connectivity index (χ4v) is 9.75. The van der Waals surface area contributed by atoms with E-state index >= 15 is 0 Å². The molecule has 0 saturated carbocycles. The van der Waals surface area contributed by atoms with Gasteiger partial charge in [0.05, 0.1) is 0 Å². The van der Waals surface area contributed by atoms with Gasteiger partial charge in [-0.05, 0) is 0 Å². The Morgan fingerprint density at radius 2 is 1.45 bits per heavy atom. The molecule has 0 rings (SSSR count). The molecule has 0 unspecified atom stereocenters. The van der Waals surface area contributed by atoms with Gasteiger partial charge >= 0.3 is 76.6 Å². The molecular formula is C10H24Ge. The molecule has 0 aliphatic carbocycles. The van der Waals surface area contributed by atoms with Crippen LogP contribution < -0.4 is 0 Å². The van der Waals surface area contributed by atoms with Crippen molar-refractivity contribution in [3.8, 4) is 0 Å². The van der Waals surface area contributed by atoms with Crippen LogP contribution in [0.5, 0.6) is 0 Å². The zero-order valence-electron chi connectivity index (χ0n) is 8.85. The van der Waals surface area contributed by atoms with Crippen LogP contribution in [0.2, 0.25) is 14.8 Å². The van der Waals surface area contributed by atoms with Crippen molar-refractivity contribution in [2.75, 3.05) is 0 Å². The third-order valence-electron chi connectivity index (χ3n) is 2.60. The standard InChI is InChI=1S/C10H24Ge/c1-6-7-8-11(9(2)3)10(4)5/h9-11H,6-8H2,1-5H3. The van der Waals surface area contributed by atoms with Crippen LogP contribution in [-0.2, 0) is 0 Å². The molecule has 0 atom stereocenters. The first-order valence-corrected chi connectivity index (χ1v) is 9.60. The molecule has 11 heavy (non-hydrogen) atoms. The maximum absolute atomic E-state index is 2.43. The predicted octanol–water partition coefficient (Wildman–Crippen LogP) is 3.83. The van der Waals surface area contributed by atoms with Crippen molar-refractivity contribution < 1.29 is 0 Å². The molecule has 0 radical (unpaired) electrons. The van der Waals surface area contributed by atoms with Crippen molar-refractivity contribution in [3.63, 3.8) is 0 Å². The van der Waals surface area contributed by atoms with Gasteiger partial charge in [0.25, 0.3) is 0 Å². The Kier molecular flexibility index (Phi) is 6.40. The van der Waals surface area contributed by atoms with E-state index in [2.05, 4.69) is 34.6 Å². The van der Waals surface area contributed by atoms with E-state index in [0.717, 1.165) is 9.50 Å². The zero-order chi connectivity index (χ0) is 8.85. The Labute approximate surface area is 76.9 Å². The summed E-state index contributed by atoms with van der Waals surface area (Å²) in [7, 11) is 0. The molecule has 0 aromatic rings. The zero-order valence-corrected chi connectivity index (χ0v) is 11.3. The van der Waals surface area contributed by atoms with Crippen LogP contribution in [-0.4, -0.2) is 14.3 Å². The number of unbranched alkanes of at least 4 members (excludes halogenated alkanes) is 1. The minimum atomic E-state index is -0.866. The predicted molar refractivity (Wildman–Crippen MR) is 57.1 cm³/mol. The molecule has 0 bridgehead atoms. The minimum absolute atomic E-state index is 0.866. The van der Waals surface area contributed by atoms with Gasteiger partial charge < -0.3 is 0 Å². The van der Waals surface area contributed by atoms with E-state index in [9.17, 15) is 0 Å². The van der Waals surface area contributed by atoms with Gasteiger partial charge in [-0.1, -0.05) is 0 Å². The van der Waals surface area contributed by atoms with Gasteiger partial charge in [-0.3, -0.25) is 0 Å². The summed E-state index contributed by atoms with van der Waals surface area (Å²) in [6.07, 6.45) is 2.88. The van der Waals surface area contributed by atoms with Gasteiger partial charge in [0, 0.05) is 0 Å². The van der Waals surface area contributed by atoms with E-state index in [1.54, 1.807) is 5.25 Å². The Morgan fingerprint density at radius 1 is 1.00 bits per heavy atom. The number of hydrogen-bond donors (Lipinski definition) is 0. The second-order valence-corrected chi connectivity index (χ2v) is 13.9. The first-order valence-electron chi connectivity index (χ1n) is 5.09. The van der Waals surface area contributed by atoms with Crippen LogP contribution in [0.4, 0.5) is 0 Å². The Hall–Kier alpha value is 0.543. The van der Waals surface area contributed by atoms with Crippen molar-refractivity contribution in [1.29, 1.82) is 0 Å². The summed E-state index contributed by atoms with van der Waals surface area (Å²) < 4.78 is 2.10. The quantitative estimate of drug-likeness (QED) is 0.613. The summed E-state index contributed by atoms with van der Waals surface area (Å²) in [5.74, 6) is 0. The second-order valence-electron chi connectivity index (χ2n) is 4.29. The molecule has 0 nitrogen and oxygen atoms in total. The van der Waals surface area contributed by atoms with E-state index in [1.807, 2.05) is 0 Å². The summed E-state index contributed by atoms with van der Waals surface area (Å²) in [6, 6.07) is 0. The van der Waals surface area contributed by atoms with E-state index < -0.39 is 14.3 Å². The summed E-state index contributed by atoms with van der Waals surface area (Å²) >= 11 is -0.866. The average molecular weight is 217 g/mol. The van der Waals surface area contributed by atoms with E-state index in [-0.39, 0.29) is 0 Å². The molecule has 1 heteroatoms. The van der Waals surface area contributed by atoms with Gasteiger partial charge in [-0.15, -0.1) is 0 Å². The van der Waals surface area contributed by atoms with Crippen LogP contribution in [0.15, 0.2) is 0 Å². The molecule has 0 amide bonds. The summed E-state index contributed by atoms with van der Waals surface area (Å²) in [6.45, 7) is 12.0. The molecule has 0 aromatic carbocycles. The molecule has 0 fully saturated rings. The summed E-state index contributed by atoms with van der Waals surface area (Å²) in [4.78, 5) is 0. The van der Waals surface area contributed by atoms with Gasteiger partial charge in [0.2, 0.25) is 0 Å². The van der Waals surface area contributed by atoms with Gasteiger partial charge in [0.15, 0.2) is 0 Å². The van der Waals surface area contributed by atoms with E-state index in [0.29, 0.717) is 0 Å². The number of hydrogen-bond acceptors (Lipinski definition) is 0. The molecule has 0 aliphatic heterocycles. The van der Waals surface area contributed by atoms with Gasteiger partial charge in [-0.25, -0.2) is 0 Å². The van der Waals surface area contributed by atoms with Crippen LogP contribution in [0.25, 0.3) is 0 Å². The maximum atomic E-state index is 2.43. The fraction of sp³-hybridized carbons (Fsp3) is 1.00. The van der Waals surface area contributed by atoms with Crippen molar-refractivity contribution >= 4 is 14.3 Å². The van der Waals surface area contributed by atoms with Crippen LogP contribution in [0.1, 0.15) is 47.5 Å². The van der Waals surface area contributed by atoms with Crippen molar-refractivity contribution in [1.82, 2.24) is 0 Å². The van der Waals surface area contributed by atoms with E-state index in [4.69, 9.17) is 0 Å². The third kappa shape index (κ3) is 4.89. The Morgan fingerprint density at radius 3 is 1.73 bits per heavy atom.